The number of piperidine rings is 1. The van der Waals surface area contributed by atoms with Crippen molar-refractivity contribution in [1.82, 2.24) is 19.7 Å². The fourth-order valence-corrected chi connectivity index (χ4v) is 4.45. The van der Waals surface area contributed by atoms with E-state index < -0.39 is 0 Å². The Morgan fingerprint density at radius 1 is 1.04 bits per heavy atom. The number of hydrogen-bond donors (Lipinski definition) is 0. The molecule has 1 atom stereocenters. The molecule has 2 fully saturated rings. The molecule has 0 aromatic carbocycles. The fourth-order valence-electron chi connectivity index (χ4n) is 4.45. The summed E-state index contributed by atoms with van der Waals surface area (Å²) in [5.41, 5.74) is 3.13. The van der Waals surface area contributed by atoms with E-state index in [1.807, 2.05) is 25.6 Å². The quantitative estimate of drug-likeness (QED) is 0.835. The molecule has 1 aliphatic heterocycles. The Morgan fingerprint density at radius 3 is 2.54 bits per heavy atom. The van der Waals surface area contributed by atoms with Gasteiger partial charge in [-0.2, -0.15) is 5.10 Å². The number of pyridine rings is 1. The molecule has 3 heterocycles. The molecule has 1 unspecified atom stereocenters. The molecule has 4 rings (SSSR count). The molecule has 1 aliphatic carbocycles. The van der Waals surface area contributed by atoms with Crippen molar-refractivity contribution >= 4 is 5.91 Å². The topological polar surface area (TPSA) is 51.0 Å². The zero-order chi connectivity index (χ0) is 17.9. The van der Waals surface area contributed by atoms with Crippen molar-refractivity contribution < 1.29 is 4.79 Å². The summed E-state index contributed by atoms with van der Waals surface area (Å²) in [6.07, 6.45) is 15.0. The van der Waals surface area contributed by atoms with Crippen LogP contribution in [0.1, 0.15) is 63.0 Å². The van der Waals surface area contributed by atoms with Crippen molar-refractivity contribution in [3.8, 4) is 11.3 Å². The molecule has 0 radical (unpaired) electrons. The average molecular weight is 352 g/mol. The van der Waals surface area contributed by atoms with Gasteiger partial charge in [0, 0.05) is 37.5 Å². The smallest absolute Gasteiger partial charge is 0.226 e. The minimum absolute atomic E-state index is 0.189. The number of hydrogen-bond acceptors (Lipinski definition) is 3. The molecule has 0 spiro atoms. The molecule has 2 aliphatic rings. The standard InChI is InChI=1S/C21H28N4O/c1-24-15-18(14-23-24)19-11-10-17(13-22-19)20-9-5-6-12-25(20)21(26)16-7-3-2-4-8-16/h10-11,13-16,20H,2-9,12H2,1H3. The first-order valence-electron chi connectivity index (χ1n) is 9.98. The predicted octanol–water partition coefficient (Wildman–Crippen LogP) is 4.12. The molecule has 1 amide bonds. The Hall–Kier alpha value is -2.17. The van der Waals surface area contributed by atoms with Gasteiger partial charge in [-0.25, -0.2) is 0 Å². The van der Waals surface area contributed by atoms with Gasteiger partial charge in [-0.05, 0) is 43.7 Å². The van der Waals surface area contributed by atoms with Crippen LogP contribution in [0.15, 0.2) is 30.7 Å². The van der Waals surface area contributed by atoms with Gasteiger partial charge in [-0.15, -0.1) is 0 Å². The molecule has 2 aromatic heterocycles. The van der Waals surface area contributed by atoms with E-state index in [4.69, 9.17) is 0 Å². The van der Waals surface area contributed by atoms with Crippen molar-refractivity contribution in [2.24, 2.45) is 13.0 Å². The van der Waals surface area contributed by atoms with Crippen molar-refractivity contribution in [3.63, 3.8) is 0 Å². The lowest BCUT2D eigenvalue weighted by atomic mass is 9.86. The number of carbonyl (C=O) groups excluding carboxylic acids is 1. The first-order chi connectivity index (χ1) is 12.7. The Morgan fingerprint density at radius 2 is 1.85 bits per heavy atom. The third-order valence-electron chi connectivity index (χ3n) is 5.91. The van der Waals surface area contributed by atoms with Gasteiger partial charge in [-0.3, -0.25) is 14.5 Å². The largest absolute Gasteiger partial charge is 0.335 e. The van der Waals surface area contributed by atoms with Crippen molar-refractivity contribution in [2.45, 2.75) is 57.4 Å². The summed E-state index contributed by atoms with van der Waals surface area (Å²) in [4.78, 5) is 19.9. The van der Waals surface area contributed by atoms with Crippen LogP contribution in [-0.2, 0) is 11.8 Å². The lowest BCUT2D eigenvalue weighted by molar-refractivity contribution is -0.140. The maximum Gasteiger partial charge on any atom is 0.226 e. The van der Waals surface area contributed by atoms with E-state index in [0.717, 1.165) is 43.5 Å². The Bertz CT molecular complexity index is 746. The van der Waals surface area contributed by atoms with Crippen LogP contribution in [0.2, 0.25) is 0 Å². The Labute approximate surface area is 155 Å². The molecule has 138 valence electrons. The molecule has 0 bridgehead atoms. The van der Waals surface area contributed by atoms with Crippen LogP contribution < -0.4 is 0 Å². The predicted molar refractivity (Wildman–Crippen MR) is 101 cm³/mol. The summed E-state index contributed by atoms with van der Waals surface area (Å²) < 4.78 is 1.79. The first-order valence-corrected chi connectivity index (χ1v) is 9.98. The Kier molecular flexibility index (Phi) is 5.05. The van der Waals surface area contributed by atoms with E-state index in [2.05, 4.69) is 27.1 Å². The van der Waals surface area contributed by atoms with Gasteiger partial charge in [0.15, 0.2) is 0 Å². The first kappa shape index (κ1) is 17.3. The van der Waals surface area contributed by atoms with Crippen LogP contribution in [-0.4, -0.2) is 32.1 Å². The van der Waals surface area contributed by atoms with E-state index in [1.165, 1.54) is 31.2 Å². The number of amides is 1. The Balaban J connectivity index is 1.53. The molecule has 0 N–H and O–H groups in total. The van der Waals surface area contributed by atoms with Crippen LogP contribution in [0.3, 0.4) is 0 Å². The number of aryl methyl sites for hydroxylation is 1. The number of carbonyl (C=O) groups is 1. The highest BCUT2D eigenvalue weighted by Crippen LogP contribution is 2.35. The zero-order valence-corrected chi connectivity index (χ0v) is 15.6. The average Bonchev–Trinajstić information content (AvgIpc) is 3.14. The number of aromatic nitrogens is 3. The van der Waals surface area contributed by atoms with Gasteiger partial charge >= 0.3 is 0 Å². The second kappa shape index (κ2) is 7.60. The lowest BCUT2D eigenvalue weighted by Gasteiger charge is -2.38. The van der Waals surface area contributed by atoms with Gasteiger partial charge in [0.2, 0.25) is 5.91 Å². The highest BCUT2D eigenvalue weighted by Gasteiger charge is 2.33. The maximum absolute atomic E-state index is 13.1. The van der Waals surface area contributed by atoms with E-state index in [0.29, 0.717) is 5.91 Å². The molecule has 5 heteroatoms. The van der Waals surface area contributed by atoms with Gasteiger partial charge in [0.1, 0.15) is 0 Å². The second-order valence-corrected chi connectivity index (χ2v) is 7.76. The van der Waals surface area contributed by atoms with Gasteiger partial charge in [0.05, 0.1) is 17.9 Å². The highest BCUT2D eigenvalue weighted by molar-refractivity contribution is 5.79. The normalized spacial score (nSPS) is 21.7. The summed E-state index contributed by atoms with van der Waals surface area (Å²) in [6, 6.07) is 4.39. The van der Waals surface area contributed by atoms with Crippen LogP contribution in [0.5, 0.6) is 0 Å². The number of rotatable bonds is 3. The molecular weight excluding hydrogens is 324 g/mol. The number of nitrogens with zero attached hydrogens (tertiary/aromatic N) is 4. The van der Waals surface area contributed by atoms with Crippen LogP contribution in [0, 0.1) is 5.92 Å². The maximum atomic E-state index is 13.1. The summed E-state index contributed by atoms with van der Waals surface area (Å²) in [5.74, 6) is 0.623. The molecule has 5 nitrogen and oxygen atoms in total. The molecule has 1 saturated heterocycles. The summed E-state index contributed by atoms with van der Waals surface area (Å²) >= 11 is 0. The third kappa shape index (κ3) is 3.53. The van der Waals surface area contributed by atoms with Crippen molar-refractivity contribution in [2.75, 3.05) is 6.54 Å². The van der Waals surface area contributed by atoms with E-state index in [1.54, 1.807) is 4.68 Å². The van der Waals surface area contributed by atoms with Crippen molar-refractivity contribution in [1.29, 1.82) is 0 Å². The van der Waals surface area contributed by atoms with Gasteiger partial charge < -0.3 is 4.90 Å². The minimum Gasteiger partial charge on any atom is -0.335 e. The fraction of sp³-hybridized carbons (Fsp3) is 0.571. The SMILES string of the molecule is Cn1cc(-c2ccc(C3CCCCN3C(=O)C3CCCCC3)cn2)cn1. The number of likely N-dealkylation sites (tertiary alicyclic amines) is 1. The molecule has 2 aromatic rings. The summed E-state index contributed by atoms with van der Waals surface area (Å²) in [5, 5.41) is 4.22. The van der Waals surface area contributed by atoms with E-state index in [-0.39, 0.29) is 12.0 Å². The van der Waals surface area contributed by atoms with Crippen LogP contribution in [0.4, 0.5) is 0 Å². The summed E-state index contributed by atoms with van der Waals surface area (Å²) in [7, 11) is 1.91. The molecule has 1 saturated carbocycles. The zero-order valence-electron chi connectivity index (χ0n) is 15.6. The lowest BCUT2D eigenvalue weighted by Crippen LogP contribution is -2.42. The summed E-state index contributed by atoms with van der Waals surface area (Å²) in [6.45, 7) is 0.893. The van der Waals surface area contributed by atoms with E-state index >= 15 is 0 Å². The van der Waals surface area contributed by atoms with Crippen molar-refractivity contribution in [3.05, 3.63) is 36.3 Å². The molecular formula is C21H28N4O. The monoisotopic (exact) mass is 352 g/mol. The van der Waals surface area contributed by atoms with Crippen LogP contribution >= 0.6 is 0 Å². The highest BCUT2D eigenvalue weighted by atomic mass is 16.2. The van der Waals surface area contributed by atoms with Gasteiger partial charge in [-0.1, -0.05) is 25.3 Å². The second-order valence-electron chi connectivity index (χ2n) is 7.76. The third-order valence-corrected chi connectivity index (χ3v) is 5.91. The minimum atomic E-state index is 0.189. The molecule has 26 heavy (non-hydrogen) atoms. The van der Waals surface area contributed by atoms with Crippen LogP contribution in [0.25, 0.3) is 11.3 Å². The van der Waals surface area contributed by atoms with Gasteiger partial charge in [0.25, 0.3) is 0 Å². The van der Waals surface area contributed by atoms with E-state index in [9.17, 15) is 4.79 Å².